The van der Waals surface area contributed by atoms with Crippen LogP contribution in [0.5, 0.6) is 0 Å². The molecule has 0 saturated carbocycles. The molecule has 0 spiro atoms. The van der Waals surface area contributed by atoms with Crippen molar-refractivity contribution in [1.29, 1.82) is 0 Å². The highest BCUT2D eigenvalue weighted by atomic mass is 16.5. The van der Waals surface area contributed by atoms with Crippen molar-refractivity contribution < 1.29 is 4.74 Å². The Morgan fingerprint density at radius 3 is 2.42 bits per heavy atom. The Balaban J connectivity index is 1.61. The van der Waals surface area contributed by atoms with E-state index < -0.39 is 0 Å². The molecule has 2 aromatic carbocycles. The molecule has 1 aliphatic rings. The lowest BCUT2D eigenvalue weighted by atomic mass is 9.98. The summed E-state index contributed by atoms with van der Waals surface area (Å²) in [6, 6.07) is 20.0. The van der Waals surface area contributed by atoms with E-state index in [1.165, 1.54) is 16.7 Å². The summed E-state index contributed by atoms with van der Waals surface area (Å²) in [6.45, 7) is 8.07. The molecule has 1 N–H and O–H groups in total. The van der Waals surface area contributed by atoms with E-state index in [-0.39, 0.29) is 0 Å². The molecule has 3 heteroatoms. The van der Waals surface area contributed by atoms with Crippen LogP contribution in [0.4, 0.5) is 0 Å². The van der Waals surface area contributed by atoms with Crippen LogP contribution >= 0.6 is 0 Å². The quantitative estimate of drug-likeness (QED) is 0.846. The van der Waals surface area contributed by atoms with Crippen LogP contribution in [0.25, 0.3) is 0 Å². The summed E-state index contributed by atoms with van der Waals surface area (Å²) >= 11 is 0. The minimum atomic E-state index is 0.356. The third-order valence-corrected chi connectivity index (χ3v) is 4.68. The fourth-order valence-electron chi connectivity index (χ4n) is 3.18. The first-order valence-corrected chi connectivity index (χ1v) is 8.95. The number of hydrogen-bond acceptors (Lipinski definition) is 3. The van der Waals surface area contributed by atoms with Gasteiger partial charge in [0.2, 0.25) is 0 Å². The summed E-state index contributed by atoms with van der Waals surface area (Å²) in [5.41, 5.74) is 4.05. The molecule has 0 bridgehead atoms. The summed E-state index contributed by atoms with van der Waals surface area (Å²) in [6.07, 6.45) is 1.02. The van der Waals surface area contributed by atoms with Crippen molar-refractivity contribution in [2.24, 2.45) is 0 Å². The Morgan fingerprint density at radius 2 is 1.71 bits per heavy atom. The molecule has 0 radical (unpaired) electrons. The van der Waals surface area contributed by atoms with Crippen LogP contribution in [0.3, 0.4) is 0 Å². The molecule has 0 aliphatic carbocycles. The third kappa shape index (κ3) is 5.17. The van der Waals surface area contributed by atoms with Crippen LogP contribution in [0.2, 0.25) is 0 Å². The van der Waals surface area contributed by atoms with E-state index in [2.05, 4.69) is 71.7 Å². The smallest absolute Gasteiger partial charge is 0.0594 e. The first-order valence-electron chi connectivity index (χ1n) is 8.95. The van der Waals surface area contributed by atoms with Gasteiger partial charge in [-0.1, -0.05) is 60.2 Å². The molecule has 0 aromatic heterocycles. The predicted octanol–water partition coefficient (Wildman–Crippen LogP) is 3.20. The Bertz CT molecular complexity index is 591. The van der Waals surface area contributed by atoms with E-state index in [0.717, 1.165) is 45.8 Å². The Morgan fingerprint density at radius 1 is 1.00 bits per heavy atom. The van der Waals surface area contributed by atoms with Gasteiger partial charge in [0.15, 0.2) is 0 Å². The number of nitrogens with one attached hydrogen (secondary N) is 1. The van der Waals surface area contributed by atoms with Crippen LogP contribution in [0.1, 0.15) is 22.7 Å². The van der Waals surface area contributed by atoms with E-state index >= 15 is 0 Å². The molecule has 1 aliphatic heterocycles. The summed E-state index contributed by atoms with van der Waals surface area (Å²) in [5.74, 6) is 0. The maximum atomic E-state index is 5.42. The second-order valence-electron chi connectivity index (χ2n) is 6.56. The lowest BCUT2D eigenvalue weighted by Crippen LogP contribution is -2.41. The molecule has 1 heterocycles. The second-order valence-corrected chi connectivity index (χ2v) is 6.56. The van der Waals surface area contributed by atoms with Gasteiger partial charge >= 0.3 is 0 Å². The first kappa shape index (κ1) is 17.2. The average molecular weight is 324 g/mol. The number of morpholine rings is 1. The summed E-state index contributed by atoms with van der Waals surface area (Å²) in [5, 5.41) is 3.77. The molecule has 1 saturated heterocycles. The fraction of sp³-hybridized carbons (Fsp3) is 0.429. The monoisotopic (exact) mass is 324 g/mol. The molecular formula is C21H28N2O. The largest absolute Gasteiger partial charge is 0.379 e. The molecule has 1 fully saturated rings. The van der Waals surface area contributed by atoms with Gasteiger partial charge in [-0.05, 0) is 24.5 Å². The minimum absolute atomic E-state index is 0.356. The van der Waals surface area contributed by atoms with Gasteiger partial charge in [-0.3, -0.25) is 4.90 Å². The van der Waals surface area contributed by atoms with Crippen LogP contribution in [-0.2, 0) is 11.2 Å². The van der Waals surface area contributed by atoms with Gasteiger partial charge in [0.25, 0.3) is 0 Å². The van der Waals surface area contributed by atoms with Crippen molar-refractivity contribution in [1.82, 2.24) is 10.2 Å². The molecule has 3 nitrogen and oxygen atoms in total. The number of aryl methyl sites for hydroxylation is 1. The van der Waals surface area contributed by atoms with Crippen LogP contribution < -0.4 is 5.32 Å². The molecule has 2 aromatic rings. The molecule has 1 atom stereocenters. The van der Waals surface area contributed by atoms with Crippen molar-refractivity contribution in [3.63, 3.8) is 0 Å². The number of nitrogens with zero attached hydrogens (tertiary/aromatic N) is 1. The van der Waals surface area contributed by atoms with E-state index in [9.17, 15) is 0 Å². The maximum absolute atomic E-state index is 5.42. The highest BCUT2D eigenvalue weighted by molar-refractivity contribution is 5.26. The molecule has 1 unspecified atom stereocenters. The van der Waals surface area contributed by atoms with Gasteiger partial charge in [-0.25, -0.2) is 0 Å². The molecular weight excluding hydrogens is 296 g/mol. The Labute approximate surface area is 145 Å². The minimum Gasteiger partial charge on any atom is -0.379 e. The van der Waals surface area contributed by atoms with Crippen LogP contribution in [-0.4, -0.2) is 44.3 Å². The highest BCUT2D eigenvalue weighted by Gasteiger charge is 2.14. The lowest BCUT2D eigenvalue weighted by molar-refractivity contribution is 0.0381. The van der Waals surface area contributed by atoms with E-state index in [0.29, 0.717) is 6.04 Å². The normalized spacial score (nSPS) is 16.9. The number of hydrogen-bond donors (Lipinski definition) is 1. The molecule has 3 rings (SSSR count). The Kier molecular flexibility index (Phi) is 6.41. The molecule has 128 valence electrons. The van der Waals surface area contributed by atoms with Gasteiger partial charge in [-0.15, -0.1) is 0 Å². The van der Waals surface area contributed by atoms with Crippen molar-refractivity contribution in [2.45, 2.75) is 19.4 Å². The summed E-state index contributed by atoms with van der Waals surface area (Å²) < 4.78 is 5.42. The molecule has 24 heavy (non-hydrogen) atoms. The lowest BCUT2D eigenvalue weighted by Gasteiger charge is -2.28. The average Bonchev–Trinajstić information content (AvgIpc) is 2.63. The zero-order valence-corrected chi connectivity index (χ0v) is 14.6. The van der Waals surface area contributed by atoms with E-state index in [4.69, 9.17) is 4.74 Å². The van der Waals surface area contributed by atoms with Gasteiger partial charge in [-0.2, -0.15) is 0 Å². The maximum Gasteiger partial charge on any atom is 0.0594 e. The topological polar surface area (TPSA) is 24.5 Å². The molecule has 0 amide bonds. The second kappa shape index (κ2) is 8.97. The number of benzene rings is 2. The van der Waals surface area contributed by atoms with Crippen LogP contribution in [0, 0.1) is 6.92 Å². The zero-order chi connectivity index (χ0) is 16.6. The van der Waals surface area contributed by atoms with Gasteiger partial charge < -0.3 is 10.1 Å². The summed E-state index contributed by atoms with van der Waals surface area (Å²) in [4.78, 5) is 2.48. The SMILES string of the molecule is Cc1ccc(C(Cc2ccccc2)NCCN2CCOCC2)cc1. The standard InChI is InChI=1S/C21H28N2O/c1-18-7-9-20(10-8-18)21(17-19-5-3-2-4-6-19)22-11-12-23-13-15-24-16-14-23/h2-10,21-22H,11-17H2,1H3. The fourth-order valence-corrected chi connectivity index (χ4v) is 3.18. The van der Waals surface area contributed by atoms with Crippen LogP contribution in [0.15, 0.2) is 54.6 Å². The van der Waals surface area contributed by atoms with Gasteiger partial charge in [0.1, 0.15) is 0 Å². The van der Waals surface area contributed by atoms with Crippen molar-refractivity contribution in [2.75, 3.05) is 39.4 Å². The zero-order valence-electron chi connectivity index (χ0n) is 14.6. The highest BCUT2D eigenvalue weighted by Crippen LogP contribution is 2.19. The predicted molar refractivity (Wildman–Crippen MR) is 99.3 cm³/mol. The number of rotatable bonds is 7. The number of ether oxygens (including phenoxy) is 1. The van der Waals surface area contributed by atoms with Crippen molar-refractivity contribution in [3.05, 3.63) is 71.3 Å². The van der Waals surface area contributed by atoms with Gasteiger partial charge in [0, 0.05) is 32.2 Å². The van der Waals surface area contributed by atoms with Crippen molar-refractivity contribution in [3.8, 4) is 0 Å². The summed E-state index contributed by atoms with van der Waals surface area (Å²) in [7, 11) is 0. The van der Waals surface area contributed by atoms with E-state index in [1.54, 1.807) is 0 Å². The van der Waals surface area contributed by atoms with Gasteiger partial charge in [0.05, 0.1) is 13.2 Å². The van der Waals surface area contributed by atoms with Crippen molar-refractivity contribution >= 4 is 0 Å². The van der Waals surface area contributed by atoms with E-state index in [1.807, 2.05) is 0 Å². The third-order valence-electron chi connectivity index (χ3n) is 4.68. The Hall–Kier alpha value is -1.68. The first-order chi connectivity index (χ1) is 11.8.